The zero-order chi connectivity index (χ0) is 16.4. The van der Waals surface area contributed by atoms with E-state index in [-0.39, 0.29) is 5.91 Å². The van der Waals surface area contributed by atoms with Crippen LogP contribution < -0.4 is 4.90 Å². The summed E-state index contributed by atoms with van der Waals surface area (Å²) in [5, 5.41) is 0. The van der Waals surface area contributed by atoms with Crippen molar-refractivity contribution in [2.75, 3.05) is 18.0 Å². The first-order valence-corrected chi connectivity index (χ1v) is 8.88. The summed E-state index contributed by atoms with van der Waals surface area (Å²) in [5.41, 5.74) is 3.48. The molecule has 3 nitrogen and oxygen atoms in total. The molecule has 0 spiro atoms. The van der Waals surface area contributed by atoms with E-state index in [1.165, 1.54) is 23.0 Å². The summed E-state index contributed by atoms with van der Waals surface area (Å²) in [6.45, 7) is 5.61. The highest BCUT2D eigenvalue weighted by molar-refractivity contribution is 8.26. The van der Waals surface area contributed by atoms with Gasteiger partial charge >= 0.3 is 0 Å². The fourth-order valence-corrected chi connectivity index (χ4v) is 4.01. The standard InChI is InChI=1S/C18H18N2OS2/c1-3-19-12-11-13(14-7-5-6-8-15(14)19)9-10-16-17(21)20(4-2)18(22)23-16/h5-12H,3-4H2,1-2H3/b13-9?,16-10-. The van der Waals surface area contributed by atoms with Gasteiger partial charge in [0.2, 0.25) is 0 Å². The number of thiocarbonyl (C=S) groups is 1. The number of carbonyl (C=O) groups excluding carboxylic acids is 1. The number of hydrogen-bond donors (Lipinski definition) is 0. The number of amides is 1. The molecule has 1 saturated heterocycles. The summed E-state index contributed by atoms with van der Waals surface area (Å²) in [7, 11) is 0. The second kappa shape index (κ2) is 6.72. The molecule has 0 saturated carbocycles. The van der Waals surface area contributed by atoms with E-state index in [2.05, 4.69) is 36.2 Å². The third kappa shape index (κ3) is 2.99. The van der Waals surface area contributed by atoms with Gasteiger partial charge in [-0.2, -0.15) is 0 Å². The van der Waals surface area contributed by atoms with Gasteiger partial charge in [0.15, 0.2) is 0 Å². The second-order valence-corrected chi connectivity index (χ2v) is 6.86. The zero-order valence-corrected chi connectivity index (χ0v) is 14.8. The molecule has 0 N–H and O–H groups in total. The third-order valence-corrected chi connectivity index (χ3v) is 5.30. The molecule has 1 aromatic carbocycles. The average molecular weight is 342 g/mol. The van der Waals surface area contributed by atoms with E-state index >= 15 is 0 Å². The Balaban J connectivity index is 1.94. The summed E-state index contributed by atoms with van der Waals surface area (Å²) in [6, 6.07) is 8.31. The van der Waals surface area contributed by atoms with Crippen molar-refractivity contribution in [1.29, 1.82) is 0 Å². The molecule has 1 aromatic rings. The molecule has 3 rings (SSSR count). The number of allylic oxidation sites excluding steroid dienone is 4. The Morgan fingerprint density at radius 3 is 2.65 bits per heavy atom. The minimum absolute atomic E-state index is 0.00242. The summed E-state index contributed by atoms with van der Waals surface area (Å²) < 4.78 is 0.638. The fraction of sp³-hybridized carbons (Fsp3) is 0.222. The van der Waals surface area contributed by atoms with Crippen molar-refractivity contribution in [3.05, 3.63) is 59.2 Å². The van der Waals surface area contributed by atoms with Crippen LogP contribution in [0.4, 0.5) is 5.69 Å². The number of hydrogen-bond acceptors (Lipinski definition) is 4. The maximum atomic E-state index is 12.3. The van der Waals surface area contributed by atoms with E-state index in [1.807, 2.05) is 31.2 Å². The number of fused-ring (bicyclic) bond motifs is 1. The molecule has 0 radical (unpaired) electrons. The first-order chi connectivity index (χ1) is 11.2. The number of thioether (sulfide) groups is 1. The molecule has 1 amide bonds. The molecule has 0 atom stereocenters. The summed E-state index contributed by atoms with van der Waals surface area (Å²) >= 11 is 6.62. The maximum Gasteiger partial charge on any atom is 0.266 e. The minimum Gasteiger partial charge on any atom is -0.348 e. The molecule has 0 unspecified atom stereocenters. The molecule has 0 aromatic heterocycles. The lowest BCUT2D eigenvalue weighted by Gasteiger charge is -2.26. The molecule has 2 aliphatic heterocycles. The number of para-hydroxylation sites is 1. The molecule has 2 heterocycles. The number of rotatable bonds is 3. The van der Waals surface area contributed by atoms with Crippen LogP contribution in [0.5, 0.6) is 0 Å². The van der Waals surface area contributed by atoms with Crippen molar-refractivity contribution in [2.45, 2.75) is 13.8 Å². The normalized spacial score (nSPS) is 20.8. The molecule has 23 heavy (non-hydrogen) atoms. The van der Waals surface area contributed by atoms with Crippen molar-refractivity contribution >= 4 is 45.5 Å². The summed E-state index contributed by atoms with van der Waals surface area (Å²) in [6.07, 6.45) is 8.06. The molecule has 0 aliphatic carbocycles. The van der Waals surface area contributed by atoms with E-state index in [0.717, 1.165) is 12.1 Å². The highest BCUT2D eigenvalue weighted by Gasteiger charge is 2.30. The lowest BCUT2D eigenvalue weighted by molar-refractivity contribution is -0.122. The monoisotopic (exact) mass is 342 g/mol. The third-order valence-electron chi connectivity index (χ3n) is 3.90. The van der Waals surface area contributed by atoms with Crippen LogP contribution >= 0.6 is 24.0 Å². The Morgan fingerprint density at radius 2 is 1.96 bits per heavy atom. The van der Waals surface area contributed by atoms with Gasteiger partial charge in [-0.1, -0.05) is 48.3 Å². The predicted octanol–water partition coefficient (Wildman–Crippen LogP) is 4.19. The lowest BCUT2D eigenvalue weighted by atomic mass is 9.99. The van der Waals surface area contributed by atoms with Gasteiger partial charge in [-0.25, -0.2) is 0 Å². The van der Waals surface area contributed by atoms with Crippen LogP contribution in [0.2, 0.25) is 0 Å². The van der Waals surface area contributed by atoms with Gasteiger partial charge < -0.3 is 4.90 Å². The lowest BCUT2D eigenvalue weighted by Crippen LogP contribution is -2.27. The number of anilines is 1. The van der Waals surface area contributed by atoms with E-state index in [0.29, 0.717) is 15.8 Å². The topological polar surface area (TPSA) is 23.6 Å². The molecule has 118 valence electrons. The Bertz CT molecular complexity index is 749. The van der Waals surface area contributed by atoms with E-state index in [9.17, 15) is 4.79 Å². The van der Waals surface area contributed by atoms with Crippen LogP contribution in [0.15, 0.2) is 53.6 Å². The predicted molar refractivity (Wildman–Crippen MR) is 102 cm³/mol. The Hall–Kier alpha value is -1.85. The Morgan fingerprint density at radius 1 is 1.17 bits per heavy atom. The van der Waals surface area contributed by atoms with Gasteiger partial charge in [0.1, 0.15) is 4.32 Å². The fourth-order valence-electron chi connectivity index (χ4n) is 2.68. The SMILES string of the molecule is CCN1C(=O)/C(=C/C=C2C=CN(CC)c3ccccc32)SC1=S. The summed E-state index contributed by atoms with van der Waals surface area (Å²) in [4.78, 5) is 16.8. The van der Waals surface area contributed by atoms with Crippen LogP contribution in [-0.4, -0.2) is 28.2 Å². The van der Waals surface area contributed by atoms with Gasteiger partial charge in [0.05, 0.1) is 4.91 Å². The Kier molecular flexibility index (Phi) is 4.68. The molecule has 2 aliphatic rings. The van der Waals surface area contributed by atoms with Crippen molar-refractivity contribution in [3.8, 4) is 0 Å². The van der Waals surface area contributed by atoms with Crippen LogP contribution in [0.1, 0.15) is 19.4 Å². The molecular formula is C18H18N2OS2. The Labute approximate surface area is 146 Å². The number of benzene rings is 1. The van der Waals surface area contributed by atoms with E-state index < -0.39 is 0 Å². The minimum atomic E-state index is 0.00242. The number of carbonyl (C=O) groups is 1. The smallest absolute Gasteiger partial charge is 0.266 e. The zero-order valence-electron chi connectivity index (χ0n) is 13.2. The van der Waals surface area contributed by atoms with Crippen molar-refractivity contribution in [2.24, 2.45) is 0 Å². The van der Waals surface area contributed by atoms with Crippen LogP contribution in [0, 0.1) is 0 Å². The van der Waals surface area contributed by atoms with Crippen LogP contribution in [-0.2, 0) is 4.79 Å². The first-order valence-electron chi connectivity index (χ1n) is 7.65. The van der Waals surface area contributed by atoms with Crippen LogP contribution in [0.3, 0.4) is 0 Å². The van der Waals surface area contributed by atoms with Crippen molar-refractivity contribution in [1.82, 2.24) is 4.90 Å². The average Bonchev–Trinajstić information content (AvgIpc) is 2.85. The van der Waals surface area contributed by atoms with Gasteiger partial charge in [-0.3, -0.25) is 9.69 Å². The highest BCUT2D eigenvalue weighted by Crippen LogP contribution is 2.34. The van der Waals surface area contributed by atoms with E-state index in [1.54, 1.807) is 4.90 Å². The number of likely N-dealkylation sites (N-methyl/N-ethyl adjacent to an activating group) is 1. The van der Waals surface area contributed by atoms with Gasteiger partial charge in [-0.15, -0.1) is 0 Å². The molecule has 0 bridgehead atoms. The van der Waals surface area contributed by atoms with Gasteiger partial charge in [-0.05, 0) is 37.6 Å². The van der Waals surface area contributed by atoms with Gasteiger partial charge in [0.25, 0.3) is 5.91 Å². The first kappa shape index (κ1) is 16.0. The quantitative estimate of drug-likeness (QED) is 0.607. The summed E-state index contributed by atoms with van der Waals surface area (Å²) in [5.74, 6) is 0.00242. The van der Waals surface area contributed by atoms with Crippen LogP contribution in [0.25, 0.3) is 5.57 Å². The molecular weight excluding hydrogens is 324 g/mol. The maximum absolute atomic E-state index is 12.3. The molecule has 5 heteroatoms. The van der Waals surface area contributed by atoms with Crippen molar-refractivity contribution < 1.29 is 4.79 Å². The van der Waals surface area contributed by atoms with E-state index in [4.69, 9.17) is 12.2 Å². The largest absolute Gasteiger partial charge is 0.348 e. The van der Waals surface area contributed by atoms with Gasteiger partial charge in [0, 0.05) is 30.5 Å². The highest BCUT2D eigenvalue weighted by atomic mass is 32.2. The second-order valence-electron chi connectivity index (χ2n) is 5.19. The molecule has 1 fully saturated rings. The number of nitrogens with zero attached hydrogens (tertiary/aromatic N) is 2. The van der Waals surface area contributed by atoms with Crippen molar-refractivity contribution in [3.63, 3.8) is 0 Å².